The Hall–Kier alpha value is -1.85. The lowest BCUT2D eigenvalue weighted by atomic mass is 10.0. The van der Waals surface area contributed by atoms with E-state index in [4.69, 9.17) is 11.6 Å². The first-order chi connectivity index (χ1) is 12.0. The maximum Gasteiger partial charge on any atom is 0.253 e. The number of rotatable bonds is 3. The molecule has 0 radical (unpaired) electrons. The number of likely N-dealkylation sites (tertiary alicyclic amines) is 1. The average molecular weight is 422 g/mol. The van der Waals surface area contributed by atoms with Crippen molar-refractivity contribution in [2.75, 3.05) is 13.1 Å². The van der Waals surface area contributed by atoms with Gasteiger partial charge in [-0.25, -0.2) is 0 Å². The van der Waals surface area contributed by atoms with E-state index in [0.717, 1.165) is 17.3 Å². The van der Waals surface area contributed by atoms with Crippen molar-refractivity contribution >= 4 is 39.3 Å². The number of hydrogen-bond acceptors (Lipinski definition) is 2. The van der Waals surface area contributed by atoms with Gasteiger partial charge in [0.15, 0.2) is 0 Å². The molecular formula is C19H18BrClN2O2. The summed E-state index contributed by atoms with van der Waals surface area (Å²) < 4.78 is 0.891. The topological polar surface area (TPSA) is 49.4 Å². The number of amides is 2. The first-order valence-electron chi connectivity index (χ1n) is 8.14. The summed E-state index contributed by atoms with van der Waals surface area (Å²) >= 11 is 9.32. The number of nitrogens with one attached hydrogen (secondary N) is 1. The molecule has 0 unspecified atom stereocenters. The fourth-order valence-corrected chi connectivity index (χ4v) is 3.52. The van der Waals surface area contributed by atoms with E-state index in [1.165, 1.54) is 0 Å². The predicted octanol–water partition coefficient (Wildman–Crippen LogP) is 4.14. The van der Waals surface area contributed by atoms with Crippen LogP contribution in [0.15, 0.2) is 53.0 Å². The molecular weight excluding hydrogens is 404 g/mol. The maximum atomic E-state index is 12.5. The summed E-state index contributed by atoms with van der Waals surface area (Å²) in [6.45, 7) is 1.26. The Morgan fingerprint density at radius 3 is 2.40 bits per heavy atom. The molecule has 2 aromatic rings. The van der Waals surface area contributed by atoms with Crippen LogP contribution in [0.2, 0.25) is 5.02 Å². The highest BCUT2D eigenvalue weighted by molar-refractivity contribution is 9.10. The SMILES string of the molecule is O=C(NC1CCN(C(=O)c2cccc(Br)c2)CC1)c1cccc(Cl)c1. The van der Waals surface area contributed by atoms with E-state index in [1.807, 2.05) is 29.2 Å². The quantitative estimate of drug-likeness (QED) is 0.810. The van der Waals surface area contributed by atoms with E-state index in [2.05, 4.69) is 21.2 Å². The molecule has 0 aliphatic carbocycles. The Morgan fingerprint density at radius 2 is 1.72 bits per heavy atom. The number of piperidine rings is 1. The summed E-state index contributed by atoms with van der Waals surface area (Å²) in [5.74, 6) is -0.0971. The van der Waals surface area contributed by atoms with Gasteiger partial charge in [0.2, 0.25) is 0 Å². The third-order valence-corrected chi connectivity index (χ3v) is 5.00. The molecule has 1 heterocycles. The second kappa shape index (κ2) is 8.02. The number of carbonyl (C=O) groups is 2. The van der Waals surface area contributed by atoms with Gasteiger partial charge >= 0.3 is 0 Å². The monoisotopic (exact) mass is 420 g/mol. The molecule has 1 N–H and O–H groups in total. The third kappa shape index (κ3) is 4.61. The summed E-state index contributed by atoms with van der Waals surface area (Å²) in [5, 5.41) is 3.57. The van der Waals surface area contributed by atoms with Crippen LogP contribution in [-0.4, -0.2) is 35.8 Å². The summed E-state index contributed by atoms with van der Waals surface area (Å²) in [5.41, 5.74) is 1.23. The molecule has 6 heteroatoms. The molecule has 0 spiro atoms. The normalized spacial score (nSPS) is 15.0. The molecule has 0 atom stereocenters. The molecule has 3 rings (SSSR count). The van der Waals surface area contributed by atoms with Gasteiger partial charge in [0.1, 0.15) is 0 Å². The zero-order valence-corrected chi connectivity index (χ0v) is 15.9. The maximum absolute atomic E-state index is 12.5. The largest absolute Gasteiger partial charge is 0.349 e. The highest BCUT2D eigenvalue weighted by Crippen LogP contribution is 2.18. The van der Waals surface area contributed by atoms with Gasteiger partial charge in [0, 0.05) is 39.8 Å². The highest BCUT2D eigenvalue weighted by Gasteiger charge is 2.25. The van der Waals surface area contributed by atoms with Crippen LogP contribution in [0.3, 0.4) is 0 Å². The van der Waals surface area contributed by atoms with Crippen molar-refractivity contribution in [3.63, 3.8) is 0 Å². The Labute approximate surface area is 160 Å². The van der Waals surface area contributed by atoms with E-state index in [1.54, 1.807) is 24.3 Å². The smallest absolute Gasteiger partial charge is 0.253 e. The van der Waals surface area contributed by atoms with Crippen LogP contribution in [0.5, 0.6) is 0 Å². The molecule has 4 nitrogen and oxygen atoms in total. The second-order valence-corrected chi connectivity index (χ2v) is 7.41. The molecule has 1 aliphatic heterocycles. The Morgan fingerprint density at radius 1 is 1.04 bits per heavy atom. The summed E-state index contributed by atoms with van der Waals surface area (Å²) in [7, 11) is 0. The molecule has 2 amide bonds. The van der Waals surface area contributed by atoms with Crippen molar-refractivity contribution in [1.29, 1.82) is 0 Å². The van der Waals surface area contributed by atoms with E-state index < -0.39 is 0 Å². The van der Waals surface area contributed by atoms with E-state index >= 15 is 0 Å². The fourth-order valence-electron chi connectivity index (χ4n) is 2.93. The Bertz CT molecular complexity index is 788. The van der Waals surface area contributed by atoms with Crippen LogP contribution >= 0.6 is 27.5 Å². The first-order valence-corrected chi connectivity index (χ1v) is 9.31. The molecule has 130 valence electrons. The summed E-state index contributed by atoms with van der Waals surface area (Å²) in [6.07, 6.45) is 1.48. The van der Waals surface area contributed by atoms with Gasteiger partial charge in [-0.15, -0.1) is 0 Å². The van der Waals surface area contributed by atoms with Gasteiger partial charge in [-0.05, 0) is 49.2 Å². The minimum absolute atomic E-state index is 0.0286. The van der Waals surface area contributed by atoms with Crippen LogP contribution in [0, 0.1) is 0 Å². The number of hydrogen-bond donors (Lipinski definition) is 1. The van der Waals surface area contributed by atoms with E-state index in [-0.39, 0.29) is 17.9 Å². The third-order valence-electron chi connectivity index (χ3n) is 4.28. The van der Waals surface area contributed by atoms with Crippen molar-refractivity contribution in [2.24, 2.45) is 0 Å². The van der Waals surface area contributed by atoms with Crippen molar-refractivity contribution in [3.8, 4) is 0 Å². The molecule has 25 heavy (non-hydrogen) atoms. The predicted molar refractivity (Wildman–Crippen MR) is 102 cm³/mol. The molecule has 1 saturated heterocycles. The Kier molecular flexibility index (Phi) is 5.76. The van der Waals surface area contributed by atoms with Gasteiger partial charge in [-0.3, -0.25) is 9.59 Å². The van der Waals surface area contributed by atoms with Crippen LogP contribution in [0.1, 0.15) is 33.6 Å². The lowest BCUT2D eigenvalue weighted by molar-refractivity contribution is 0.0698. The Balaban J connectivity index is 1.55. The minimum Gasteiger partial charge on any atom is -0.349 e. The highest BCUT2D eigenvalue weighted by atomic mass is 79.9. The van der Waals surface area contributed by atoms with Crippen molar-refractivity contribution in [1.82, 2.24) is 10.2 Å². The molecule has 0 bridgehead atoms. The summed E-state index contributed by atoms with van der Waals surface area (Å²) in [4.78, 5) is 26.7. The number of halogens is 2. The van der Waals surface area contributed by atoms with Gasteiger partial charge in [0.05, 0.1) is 0 Å². The number of nitrogens with zero attached hydrogens (tertiary/aromatic N) is 1. The fraction of sp³-hybridized carbons (Fsp3) is 0.263. The van der Waals surface area contributed by atoms with Crippen LogP contribution < -0.4 is 5.32 Å². The average Bonchev–Trinajstić information content (AvgIpc) is 2.62. The van der Waals surface area contributed by atoms with Gasteiger partial charge in [0.25, 0.3) is 11.8 Å². The molecule has 0 saturated carbocycles. The number of benzene rings is 2. The molecule has 1 fully saturated rings. The van der Waals surface area contributed by atoms with E-state index in [0.29, 0.717) is 29.2 Å². The standard InChI is InChI=1S/C19H18BrClN2O2/c20-15-5-1-4-14(11-15)19(25)23-9-7-17(8-10-23)22-18(24)13-3-2-6-16(21)12-13/h1-6,11-12,17H,7-10H2,(H,22,24). The molecule has 1 aliphatic rings. The zero-order chi connectivity index (χ0) is 17.8. The van der Waals surface area contributed by atoms with Crippen LogP contribution in [-0.2, 0) is 0 Å². The van der Waals surface area contributed by atoms with Crippen molar-refractivity contribution < 1.29 is 9.59 Å². The zero-order valence-electron chi connectivity index (χ0n) is 13.5. The van der Waals surface area contributed by atoms with Gasteiger partial charge in [-0.2, -0.15) is 0 Å². The number of carbonyl (C=O) groups excluding carboxylic acids is 2. The van der Waals surface area contributed by atoms with E-state index in [9.17, 15) is 9.59 Å². The van der Waals surface area contributed by atoms with Gasteiger partial charge in [-0.1, -0.05) is 39.7 Å². The van der Waals surface area contributed by atoms with Gasteiger partial charge < -0.3 is 10.2 Å². The molecule has 0 aromatic heterocycles. The van der Waals surface area contributed by atoms with Crippen molar-refractivity contribution in [2.45, 2.75) is 18.9 Å². The molecule has 2 aromatic carbocycles. The van der Waals surface area contributed by atoms with Crippen molar-refractivity contribution in [3.05, 3.63) is 69.2 Å². The summed E-state index contributed by atoms with van der Waals surface area (Å²) in [6, 6.07) is 14.4. The van der Waals surface area contributed by atoms with Crippen LogP contribution in [0.25, 0.3) is 0 Å². The second-order valence-electron chi connectivity index (χ2n) is 6.06. The lowest BCUT2D eigenvalue weighted by Gasteiger charge is -2.32. The van der Waals surface area contributed by atoms with Crippen LogP contribution in [0.4, 0.5) is 0 Å². The minimum atomic E-state index is -0.126. The lowest BCUT2D eigenvalue weighted by Crippen LogP contribution is -2.46. The first kappa shape index (κ1) is 18.0.